The molecule has 0 saturated heterocycles. The standard InChI is InChI=1S/C8H5Cl3F2/c1-8(12,13)4-2-3-5(9)7(11)6(4)10/h2-3H,1H3. The monoisotopic (exact) mass is 244 g/mol. The van der Waals surface area contributed by atoms with Gasteiger partial charge in [-0.1, -0.05) is 34.8 Å². The van der Waals surface area contributed by atoms with Crippen molar-refractivity contribution < 1.29 is 8.78 Å². The molecule has 1 aromatic carbocycles. The van der Waals surface area contributed by atoms with Crippen LogP contribution in [0.5, 0.6) is 0 Å². The number of hydrogen-bond acceptors (Lipinski definition) is 0. The van der Waals surface area contributed by atoms with Gasteiger partial charge in [0, 0.05) is 12.5 Å². The lowest BCUT2D eigenvalue weighted by molar-refractivity contribution is 0.0176. The molecule has 72 valence electrons. The average molecular weight is 245 g/mol. The first kappa shape index (κ1) is 11.0. The maximum atomic E-state index is 12.8. The van der Waals surface area contributed by atoms with Crippen LogP contribution in [0.4, 0.5) is 8.78 Å². The summed E-state index contributed by atoms with van der Waals surface area (Å²) in [6.45, 7) is 0.748. The van der Waals surface area contributed by atoms with Crippen molar-refractivity contribution in [3.05, 3.63) is 32.8 Å². The highest BCUT2D eigenvalue weighted by atomic mass is 35.5. The van der Waals surface area contributed by atoms with Crippen molar-refractivity contribution in [2.45, 2.75) is 12.8 Å². The summed E-state index contributed by atoms with van der Waals surface area (Å²) in [6, 6.07) is 2.46. The predicted molar refractivity (Wildman–Crippen MR) is 51.0 cm³/mol. The van der Waals surface area contributed by atoms with Gasteiger partial charge in [0.15, 0.2) is 0 Å². The Bertz CT molecular complexity index is 331. The molecular formula is C8H5Cl3F2. The van der Waals surface area contributed by atoms with E-state index >= 15 is 0 Å². The van der Waals surface area contributed by atoms with Crippen LogP contribution in [0.25, 0.3) is 0 Å². The van der Waals surface area contributed by atoms with Gasteiger partial charge in [-0.05, 0) is 12.1 Å². The van der Waals surface area contributed by atoms with Crippen LogP contribution in [0, 0.1) is 0 Å². The molecule has 0 heterocycles. The molecule has 1 aromatic rings. The summed E-state index contributed by atoms with van der Waals surface area (Å²) in [6.07, 6.45) is 0. The van der Waals surface area contributed by atoms with E-state index in [1.165, 1.54) is 6.07 Å². The fraction of sp³-hybridized carbons (Fsp3) is 0.250. The highest BCUT2D eigenvalue weighted by Crippen LogP contribution is 2.39. The Morgan fingerprint density at radius 2 is 1.62 bits per heavy atom. The van der Waals surface area contributed by atoms with E-state index in [-0.39, 0.29) is 20.6 Å². The van der Waals surface area contributed by atoms with Crippen LogP contribution >= 0.6 is 34.8 Å². The number of benzene rings is 1. The second kappa shape index (κ2) is 3.60. The van der Waals surface area contributed by atoms with Crippen LogP contribution in [-0.4, -0.2) is 0 Å². The molecule has 0 spiro atoms. The maximum absolute atomic E-state index is 12.8. The predicted octanol–water partition coefficient (Wildman–Crippen LogP) is 4.76. The van der Waals surface area contributed by atoms with Crippen molar-refractivity contribution in [2.75, 3.05) is 0 Å². The summed E-state index contributed by atoms with van der Waals surface area (Å²) in [5.74, 6) is -3.01. The van der Waals surface area contributed by atoms with Gasteiger partial charge in [0.05, 0.1) is 15.1 Å². The topological polar surface area (TPSA) is 0 Å². The second-order valence-electron chi connectivity index (χ2n) is 2.61. The quantitative estimate of drug-likeness (QED) is 0.626. The zero-order chi connectivity index (χ0) is 10.2. The van der Waals surface area contributed by atoms with E-state index < -0.39 is 5.92 Å². The van der Waals surface area contributed by atoms with Gasteiger partial charge in [-0.2, -0.15) is 0 Å². The third kappa shape index (κ3) is 2.25. The number of rotatable bonds is 1. The first-order valence-corrected chi connectivity index (χ1v) is 4.49. The third-order valence-electron chi connectivity index (χ3n) is 1.51. The first-order chi connectivity index (χ1) is 5.84. The number of hydrogen-bond donors (Lipinski definition) is 0. The van der Waals surface area contributed by atoms with Gasteiger partial charge >= 0.3 is 0 Å². The van der Waals surface area contributed by atoms with Crippen molar-refractivity contribution >= 4 is 34.8 Å². The van der Waals surface area contributed by atoms with Gasteiger partial charge < -0.3 is 0 Å². The zero-order valence-corrected chi connectivity index (χ0v) is 8.81. The minimum atomic E-state index is -3.01. The summed E-state index contributed by atoms with van der Waals surface area (Å²) >= 11 is 16.8. The zero-order valence-electron chi connectivity index (χ0n) is 6.54. The molecule has 0 bridgehead atoms. The highest BCUT2D eigenvalue weighted by Gasteiger charge is 2.28. The summed E-state index contributed by atoms with van der Waals surface area (Å²) in [5, 5.41) is -0.0660. The van der Waals surface area contributed by atoms with Crippen molar-refractivity contribution in [3.8, 4) is 0 Å². The molecule has 0 radical (unpaired) electrons. The Morgan fingerprint density at radius 1 is 1.08 bits per heavy atom. The minimum Gasteiger partial charge on any atom is -0.202 e. The van der Waals surface area contributed by atoms with Crippen LogP contribution in [-0.2, 0) is 5.92 Å². The largest absolute Gasteiger partial charge is 0.272 e. The molecule has 0 aliphatic heterocycles. The van der Waals surface area contributed by atoms with Crippen LogP contribution in [0.15, 0.2) is 12.1 Å². The Morgan fingerprint density at radius 3 is 2.08 bits per heavy atom. The van der Waals surface area contributed by atoms with E-state index in [0.29, 0.717) is 0 Å². The van der Waals surface area contributed by atoms with Gasteiger partial charge in [-0.15, -0.1) is 0 Å². The number of halogens is 5. The molecule has 0 aliphatic carbocycles. The molecule has 0 unspecified atom stereocenters. The molecule has 0 saturated carbocycles. The molecule has 0 atom stereocenters. The van der Waals surface area contributed by atoms with Crippen LogP contribution in [0.3, 0.4) is 0 Å². The van der Waals surface area contributed by atoms with Gasteiger partial charge in [0.1, 0.15) is 0 Å². The minimum absolute atomic E-state index is 0.0395. The van der Waals surface area contributed by atoms with Crippen LogP contribution < -0.4 is 0 Å². The Balaban J connectivity index is 3.35. The Hall–Kier alpha value is -0.0500. The molecule has 5 heteroatoms. The van der Waals surface area contributed by atoms with E-state index in [1.54, 1.807) is 0 Å². The molecule has 0 fully saturated rings. The summed E-state index contributed by atoms with van der Waals surface area (Å²) < 4.78 is 25.7. The molecule has 0 aliphatic rings. The van der Waals surface area contributed by atoms with E-state index in [9.17, 15) is 8.78 Å². The summed E-state index contributed by atoms with van der Waals surface area (Å²) in [5.41, 5.74) is -0.316. The molecule has 0 nitrogen and oxygen atoms in total. The maximum Gasteiger partial charge on any atom is 0.272 e. The molecule has 0 amide bonds. The lowest BCUT2D eigenvalue weighted by atomic mass is 10.1. The van der Waals surface area contributed by atoms with Crippen molar-refractivity contribution in [1.29, 1.82) is 0 Å². The normalized spacial score (nSPS) is 11.8. The smallest absolute Gasteiger partial charge is 0.202 e. The van der Waals surface area contributed by atoms with E-state index in [4.69, 9.17) is 34.8 Å². The summed E-state index contributed by atoms with van der Waals surface area (Å²) in [4.78, 5) is 0. The molecule has 1 rings (SSSR count). The highest BCUT2D eigenvalue weighted by molar-refractivity contribution is 6.48. The fourth-order valence-corrected chi connectivity index (χ4v) is 1.57. The van der Waals surface area contributed by atoms with Gasteiger partial charge in [0.25, 0.3) is 5.92 Å². The van der Waals surface area contributed by atoms with Crippen molar-refractivity contribution in [3.63, 3.8) is 0 Å². The van der Waals surface area contributed by atoms with E-state index in [0.717, 1.165) is 13.0 Å². The van der Waals surface area contributed by atoms with E-state index in [1.807, 2.05) is 0 Å². The van der Waals surface area contributed by atoms with Crippen molar-refractivity contribution in [2.24, 2.45) is 0 Å². The number of alkyl halides is 2. The first-order valence-electron chi connectivity index (χ1n) is 3.36. The lowest BCUT2D eigenvalue weighted by Crippen LogP contribution is -2.07. The lowest BCUT2D eigenvalue weighted by Gasteiger charge is -2.13. The van der Waals surface area contributed by atoms with Gasteiger partial charge in [-0.3, -0.25) is 0 Å². The molecule has 0 aromatic heterocycles. The van der Waals surface area contributed by atoms with Gasteiger partial charge in [0.2, 0.25) is 0 Å². The summed E-state index contributed by atoms with van der Waals surface area (Å²) in [7, 11) is 0. The fourth-order valence-electron chi connectivity index (χ4n) is 0.865. The molecule has 0 N–H and O–H groups in total. The van der Waals surface area contributed by atoms with Crippen LogP contribution in [0.1, 0.15) is 12.5 Å². The molecule has 13 heavy (non-hydrogen) atoms. The Labute approximate surface area is 89.4 Å². The SMILES string of the molecule is CC(F)(F)c1ccc(Cl)c(Cl)c1Cl. The van der Waals surface area contributed by atoms with Gasteiger partial charge in [-0.25, -0.2) is 8.78 Å². The molecular weight excluding hydrogens is 240 g/mol. The third-order valence-corrected chi connectivity index (χ3v) is 2.80. The van der Waals surface area contributed by atoms with Crippen molar-refractivity contribution in [1.82, 2.24) is 0 Å². The van der Waals surface area contributed by atoms with E-state index in [2.05, 4.69) is 0 Å². The van der Waals surface area contributed by atoms with Crippen LogP contribution in [0.2, 0.25) is 15.1 Å². The average Bonchev–Trinajstić information content (AvgIpc) is 1.98. The Kier molecular flexibility index (Phi) is 3.05. The second-order valence-corrected chi connectivity index (χ2v) is 3.77.